The molecule has 16 heavy (non-hydrogen) atoms. The lowest BCUT2D eigenvalue weighted by molar-refractivity contribution is 0.147. The van der Waals surface area contributed by atoms with E-state index in [1.165, 1.54) is 0 Å². The highest BCUT2D eigenvalue weighted by atomic mass is 35.5. The number of anilines is 1. The molecule has 0 heterocycles. The molecule has 0 bridgehead atoms. The normalized spacial score (nSPS) is 10.3. The summed E-state index contributed by atoms with van der Waals surface area (Å²) >= 11 is 11.6. The first-order valence-electron chi connectivity index (χ1n) is 4.87. The molecule has 1 rings (SSSR count). The molecule has 0 spiro atoms. The average molecular weight is 262 g/mol. The minimum Gasteiger partial charge on any atom is -0.449 e. The fraction of sp³-hybridized carbons (Fsp3) is 0.364. The molecule has 1 aromatic carbocycles. The van der Waals surface area contributed by atoms with Gasteiger partial charge in [-0.15, -0.1) is 0 Å². The number of ether oxygens (including phenoxy) is 1. The van der Waals surface area contributed by atoms with Crippen molar-refractivity contribution in [2.24, 2.45) is 5.92 Å². The minimum absolute atomic E-state index is 0.300. The van der Waals surface area contributed by atoms with E-state index in [1.807, 2.05) is 13.8 Å². The zero-order valence-corrected chi connectivity index (χ0v) is 10.6. The summed E-state index contributed by atoms with van der Waals surface area (Å²) in [5.74, 6) is 0.300. The third-order valence-electron chi connectivity index (χ3n) is 1.66. The van der Waals surface area contributed by atoms with E-state index in [1.54, 1.807) is 18.2 Å². The summed E-state index contributed by atoms with van der Waals surface area (Å²) in [6.45, 7) is 4.30. The van der Waals surface area contributed by atoms with Crippen LogP contribution in [0.1, 0.15) is 13.8 Å². The van der Waals surface area contributed by atoms with Crippen LogP contribution in [0.25, 0.3) is 0 Å². The number of amides is 1. The van der Waals surface area contributed by atoms with E-state index in [0.717, 1.165) is 0 Å². The molecule has 1 amide bonds. The van der Waals surface area contributed by atoms with Crippen LogP contribution in [0.3, 0.4) is 0 Å². The van der Waals surface area contributed by atoms with E-state index >= 15 is 0 Å². The second-order valence-corrected chi connectivity index (χ2v) is 4.65. The summed E-state index contributed by atoms with van der Waals surface area (Å²) in [6, 6.07) is 4.79. The van der Waals surface area contributed by atoms with Crippen molar-refractivity contribution in [3.8, 4) is 0 Å². The zero-order chi connectivity index (χ0) is 12.1. The predicted octanol–water partition coefficient (Wildman–Crippen LogP) is 4.20. The summed E-state index contributed by atoms with van der Waals surface area (Å²) < 4.78 is 4.95. The summed E-state index contributed by atoms with van der Waals surface area (Å²) in [5.41, 5.74) is 0.520. The fourth-order valence-electron chi connectivity index (χ4n) is 1.02. The minimum atomic E-state index is -0.507. The van der Waals surface area contributed by atoms with Crippen LogP contribution < -0.4 is 5.32 Å². The van der Waals surface area contributed by atoms with Crippen molar-refractivity contribution in [2.75, 3.05) is 11.9 Å². The maximum absolute atomic E-state index is 11.3. The van der Waals surface area contributed by atoms with E-state index in [2.05, 4.69) is 5.32 Å². The lowest BCUT2D eigenvalue weighted by Gasteiger charge is -2.09. The van der Waals surface area contributed by atoms with Gasteiger partial charge in [0, 0.05) is 15.7 Å². The van der Waals surface area contributed by atoms with Gasteiger partial charge in [-0.1, -0.05) is 37.0 Å². The van der Waals surface area contributed by atoms with Gasteiger partial charge in [0.25, 0.3) is 0 Å². The van der Waals surface area contributed by atoms with Crippen LogP contribution in [0, 0.1) is 5.92 Å². The van der Waals surface area contributed by atoms with Gasteiger partial charge in [0.1, 0.15) is 0 Å². The van der Waals surface area contributed by atoms with Gasteiger partial charge in [0.15, 0.2) is 0 Å². The third-order valence-corrected chi connectivity index (χ3v) is 2.09. The van der Waals surface area contributed by atoms with Gasteiger partial charge in [0.05, 0.1) is 6.61 Å². The van der Waals surface area contributed by atoms with Gasteiger partial charge in [-0.3, -0.25) is 5.32 Å². The van der Waals surface area contributed by atoms with Crippen molar-refractivity contribution >= 4 is 35.0 Å². The Labute approximate surface area is 105 Å². The summed E-state index contributed by atoms with van der Waals surface area (Å²) in [5, 5.41) is 3.48. The molecule has 0 aliphatic heterocycles. The Bertz CT molecular complexity index is 360. The number of rotatable bonds is 3. The molecular formula is C11H13Cl2NO2. The quantitative estimate of drug-likeness (QED) is 0.886. The van der Waals surface area contributed by atoms with Crippen LogP contribution >= 0.6 is 23.2 Å². The maximum atomic E-state index is 11.3. The predicted molar refractivity (Wildman–Crippen MR) is 66.3 cm³/mol. The number of halogens is 2. The highest BCUT2D eigenvalue weighted by molar-refractivity contribution is 6.35. The molecule has 1 aromatic rings. The van der Waals surface area contributed by atoms with E-state index in [0.29, 0.717) is 28.3 Å². The van der Waals surface area contributed by atoms with Gasteiger partial charge < -0.3 is 4.74 Å². The smallest absolute Gasteiger partial charge is 0.411 e. The third kappa shape index (κ3) is 4.73. The van der Waals surface area contributed by atoms with Crippen molar-refractivity contribution in [1.82, 2.24) is 0 Å². The number of hydrogen-bond acceptors (Lipinski definition) is 2. The molecule has 3 nitrogen and oxygen atoms in total. The van der Waals surface area contributed by atoms with E-state index in [-0.39, 0.29) is 0 Å². The van der Waals surface area contributed by atoms with Crippen molar-refractivity contribution in [3.63, 3.8) is 0 Å². The van der Waals surface area contributed by atoms with Crippen molar-refractivity contribution in [3.05, 3.63) is 28.2 Å². The van der Waals surface area contributed by atoms with E-state index in [9.17, 15) is 4.79 Å². The average Bonchev–Trinajstić information content (AvgIpc) is 2.12. The van der Waals surface area contributed by atoms with Crippen LogP contribution in [0.15, 0.2) is 18.2 Å². The molecule has 0 aliphatic rings. The molecule has 0 radical (unpaired) electrons. The second-order valence-electron chi connectivity index (χ2n) is 3.78. The topological polar surface area (TPSA) is 38.3 Å². The fourth-order valence-corrected chi connectivity index (χ4v) is 1.55. The molecule has 88 valence electrons. The van der Waals surface area contributed by atoms with Crippen LogP contribution in [0.4, 0.5) is 10.5 Å². The highest BCUT2D eigenvalue weighted by Crippen LogP contribution is 2.22. The summed E-state index contributed by atoms with van der Waals surface area (Å²) in [4.78, 5) is 11.3. The summed E-state index contributed by atoms with van der Waals surface area (Å²) in [6.07, 6.45) is -0.507. The molecule has 0 aliphatic carbocycles. The number of hydrogen-bond donors (Lipinski definition) is 1. The maximum Gasteiger partial charge on any atom is 0.411 e. The Balaban J connectivity index is 2.56. The monoisotopic (exact) mass is 261 g/mol. The van der Waals surface area contributed by atoms with Gasteiger partial charge in [-0.25, -0.2) is 4.79 Å². The molecule has 0 unspecified atom stereocenters. The first-order chi connectivity index (χ1) is 7.47. The Kier molecular flexibility index (Phi) is 4.90. The number of carbonyl (C=O) groups is 1. The first kappa shape index (κ1) is 13.1. The molecule has 1 N–H and O–H groups in total. The molecule has 0 saturated heterocycles. The SMILES string of the molecule is CC(C)COC(=O)Nc1cc(Cl)cc(Cl)c1. The molecule has 0 atom stereocenters. The standard InChI is InChI=1S/C11H13Cl2NO2/c1-7(2)6-16-11(15)14-10-4-8(12)3-9(13)5-10/h3-5,7H,6H2,1-2H3,(H,14,15). The van der Waals surface area contributed by atoms with Gasteiger partial charge in [-0.2, -0.15) is 0 Å². The van der Waals surface area contributed by atoms with Crippen LogP contribution in [0.2, 0.25) is 10.0 Å². The summed E-state index contributed by atoms with van der Waals surface area (Å²) in [7, 11) is 0. The number of carbonyl (C=O) groups excluding carboxylic acids is 1. The van der Waals surface area contributed by atoms with E-state index < -0.39 is 6.09 Å². The van der Waals surface area contributed by atoms with Gasteiger partial charge in [-0.05, 0) is 24.1 Å². The number of benzene rings is 1. The Morgan fingerprint density at radius 3 is 2.38 bits per heavy atom. The largest absolute Gasteiger partial charge is 0.449 e. The van der Waals surface area contributed by atoms with Crippen LogP contribution in [0.5, 0.6) is 0 Å². The van der Waals surface area contributed by atoms with Crippen LogP contribution in [-0.2, 0) is 4.74 Å². The van der Waals surface area contributed by atoms with E-state index in [4.69, 9.17) is 27.9 Å². The van der Waals surface area contributed by atoms with Crippen molar-refractivity contribution in [2.45, 2.75) is 13.8 Å². The highest BCUT2D eigenvalue weighted by Gasteiger charge is 2.05. The Hall–Kier alpha value is -0.930. The molecule has 0 saturated carbocycles. The first-order valence-corrected chi connectivity index (χ1v) is 5.63. The molecule has 5 heteroatoms. The van der Waals surface area contributed by atoms with Crippen molar-refractivity contribution < 1.29 is 9.53 Å². The van der Waals surface area contributed by atoms with Crippen molar-refractivity contribution in [1.29, 1.82) is 0 Å². The zero-order valence-electron chi connectivity index (χ0n) is 9.09. The Morgan fingerprint density at radius 2 is 1.88 bits per heavy atom. The lowest BCUT2D eigenvalue weighted by atomic mass is 10.2. The Morgan fingerprint density at radius 1 is 1.31 bits per heavy atom. The molecule has 0 aromatic heterocycles. The molecular weight excluding hydrogens is 249 g/mol. The van der Waals surface area contributed by atoms with Gasteiger partial charge >= 0.3 is 6.09 Å². The molecule has 0 fully saturated rings. The lowest BCUT2D eigenvalue weighted by Crippen LogP contribution is -2.16. The van der Waals surface area contributed by atoms with Gasteiger partial charge in [0.2, 0.25) is 0 Å². The second kappa shape index (κ2) is 5.97. The number of nitrogens with one attached hydrogen (secondary N) is 1. The van der Waals surface area contributed by atoms with Crippen LogP contribution in [-0.4, -0.2) is 12.7 Å².